The second-order valence-corrected chi connectivity index (χ2v) is 12.5. The molecule has 14 heteroatoms. The lowest BCUT2D eigenvalue weighted by Crippen LogP contribution is -2.38. The summed E-state index contributed by atoms with van der Waals surface area (Å²) < 4.78 is 57.9. The number of pyridine rings is 1. The van der Waals surface area contributed by atoms with Gasteiger partial charge in [-0.15, -0.1) is 0 Å². The van der Waals surface area contributed by atoms with Crippen molar-refractivity contribution in [2.24, 2.45) is 0 Å². The van der Waals surface area contributed by atoms with Crippen molar-refractivity contribution in [3.63, 3.8) is 0 Å². The standard InChI is InChI=1S/C36H36F3N5O6/c1-19-10-23(14-26(11-19)36(37,38)39)31-22(4)44(35(47)50-31)18-29-28(17-41-34(42-29)43-6-8-49-9-7-43)27-15-25(16-40-32(27)48-5)30-20(2)12-24(33(45)46)13-21(30)3/h10-17,22,31H,6-9,18H2,1-5H3,(H,45,46)/t22-,31-/m0/s1. The molecule has 50 heavy (non-hydrogen) atoms. The van der Waals surface area contributed by atoms with E-state index in [0.29, 0.717) is 60.2 Å². The Morgan fingerprint density at radius 1 is 1.00 bits per heavy atom. The van der Waals surface area contributed by atoms with Gasteiger partial charge in [-0.1, -0.05) is 11.6 Å². The zero-order chi connectivity index (χ0) is 35.9. The molecule has 1 amide bonds. The van der Waals surface area contributed by atoms with Crippen LogP contribution in [0.5, 0.6) is 5.88 Å². The first-order valence-corrected chi connectivity index (χ1v) is 16.0. The highest BCUT2D eigenvalue weighted by molar-refractivity contribution is 5.90. The number of cyclic esters (lactones) is 1. The molecule has 1 N–H and O–H groups in total. The van der Waals surface area contributed by atoms with Gasteiger partial charge in [-0.05, 0) is 80.3 Å². The summed E-state index contributed by atoms with van der Waals surface area (Å²) in [5.41, 5.74) is 4.47. The van der Waals surface area contributed by atoms with Crippen molar-refractivity contribution in [2.75, 3.05) is 38.3 Å². The molecule has 0 unspecified atom stereocenters. The van der Waals surface area contributed by atoms with Crippen molar-refractivity contribution in [3.8, 4) is 28.1 Å². The molecule has 0 aliphatic carbocycles. The number of morpholine rings is 1. The van der Waals surface area contributed by atoms with E-state index in [1.54, 1.807) is 44.4 Å². The van der Waals surface area contributed by atoms with Crippen molar-refractivity contribution in [3.05, 3.63) is 87.9 Å². The molecule has 2 aliphatic heterocycles. The molecule has 0 bridgehead atoms. The van der Waals surface area contributed by atoms with E-state index in [9.17, 15) is 27.9 Å². The summed E-state index contributed by atoms with van der Waals surface area (Å²) in [6.07, 6.45) is -2.92. The maximum atomic E-state index is 13.7. The molecule has 262 valence electrons. The second-order valence-electron chi connectivity index (χ2n) is 12.5. The number of nitrogens with zero attached hydrogens (tertiary/aromatic N) is 5. The summed E-state index contributed by atoms with van der Waals surface area (Å²) in [6, 6.07) is 8.08. The first-order valence-electron chi connectivity index (χ1n) is 16.0. The Labute approximate surface area is 286 Å². The summed E-state index contributed by atoms with van der Waals surface area (Å²) in [4.78, 5) is 42.7. The molecule has 2 aromatic heterocycles. The van der Waals surface area contributed by atoms with Gasteiger partial charge in [0.15, 0.2) is 0 Å². The van der Waals surface area contributed by atoms with E-state index < -0.39 is 35.9 Å². The van der Waals surface area contributed by atoms with Crippen molar-refractivity contribution < 1.29 is 42.1 Å². The number of carbonyl (C=O) groups is 2. The van der Waals surface area contributed by atoms with Gasteiger partial charge in [-0.2, -0.15) is 13.2 Å². The maximum absolute atomic E-state index is 13.7. The highest BCUT2D eigenvalue weighted by Crippen LogP contribution is 2.40. The number of anilines is 1. The Kier molecular flexibility index (Phi) is 9.40. The summed E-state index contributed by atoms with van der Waals surface area (Å²) in [7, 11) is 1.48. The minimum absolute atomic E-state index is 0.0532. The Morgan fingerprint density at radius 2 is 1.70 bits per heavy atom. The number of methoxy groups -OCH3 is 1. The molecule has 2 aromatic carbocycles. The van der Waals surface area contributed by atoms with Crippen LogP contribution in [0.15, 0.2) is 48.8 Å². The fraction of sp³-hybridized carbons (Fsp3) is 0.361. The number of ether oxygens (including phenoxy) is 3. The van der Waals surface area contributed by atoms with Crippen LogP contribution in [0.1, 0.15) is 56.9 Å². The monoisotopic (exact) mass is 691 g/mol. The van der Waals surface area contributed by atoms with Gasteiger partial charge in [-0.3, -0.25) is 4.90 Å². The third kappa shape index (κ3) is 6.79. The summed E-state index contributed by atoms with van der Waals surface area (Å²) >= 11 is 0. The lowest BCUT2D eigenvalue weighted by molar-refractivity contribution is -0.137. The predicted molar refractivity (Wildman–Crippen MR) is 177 cm³/mol. The van der Waals surface area contributed by atoms with Crippen LogP contribution in [-0.2, 0) is 22.2 Å². The first kappa shape index (κ1) is 34.6. The Morgan fingerprint density at radius 3 is 2.34 bits per heavy atom. The average molecular weight is 692 g/mol. The van der Waals surface area contributed by atoms with E-state index >= 15 is 0 Å². The molecule has 4 aromatic rings. The summed E-state index contributed by atoms with van der Waals surface area (Å²) in [6.45, 7) is 9.00. The molecule has 2 saturated heterocycles. The van der Waals surface area contributed by atoms with Gasteiger partial charge in [0.2, 0.25) is 11.8 Å². The number of carboxylic acids is 1. The van der Waals surface area contributed by atoms with E-state index in [0.717, 1.165) is 28.8 Å². The number of benzene rings is 2. The van der Waals surface area contributed by atoms with Crippen molar-refractivity contribution >= 4 is 18.0 Å². The van der Waals surface area contributed by atoms with Gasteiger partial charge in [0.05, 0.1) is 49.7 Å². The van der Waals surface area contributed by atoms with Gasteiger partial charge in [-0.25, -0.2) is 24.5 Å². The van der Waals surface area contributed by atoms with E-state index in [4.69, 9.17) is 19.2 Å². The number of hydrogen-bond donors (Lipinski definition) is 1. The molecule has 0 spiro atoms. The average Bonchev–Trinajstić information content (AvgIpc) is 3.36. The third-order valence-electron chi connectivity index (χ3n) is 9.02. The van der Waals surface area contributed by atoms with Gasteiger partial charge >= 0.3 is 18.2 Å². The number of alkyl halides is 3. The van der Waals surface area contributed by atoms with Crippen molar-refractivity contribution in [1.82, 2.24) is 19.9 Å². The number of amides is 1. The number of aromatic nitrogens is 3. The zero-order valence-electron chi connectivity index (χ0n) is 28.2. The van der Waals surface area contributed by atoms with Crippen LogP contribution in [0.2, 0.25) is 0 Å². The molecule has 11 nitrogen and oxygen atoms in total. The van der Waals surface area contributed by atoms with Crippen LogP contribution in [0.3, 0.4) is 0 Å². The number of hydrogen-bond acceptors (Lipinski definition) is 9. The topological polar surface area (TPSA) is 127 Å². The normalized spacial score (nSPS) is 18.0. The number of halogens is 3. The summed E-state index contributed by atoms with van der Waals surface area (Å²) in [5.74, 6) is -0.334. The minimum Gasteiger partial charge on any atom is -0.481 e. The largest absolute Gasteiger partial charge is 0.481 e. The maximum Gasteiger partial charge on any atom is 0.416 e. The Balaban J connectivity index is 1.43. The van der Waals surface area contributed by atoms with Crippen LogP contribution in [0.25, 0.3) is 22.3 Å². The zero-order valence-corrected chi connectivity index (χ0v) is 28.2. The van der Waals surface area contributed by atoms with E-state index in [-0.39, 0.29) is 23.6 Å². The molecule has 2 aliphatic rings. The highest BCUT2D eigenvalue weighted by Gasteiger charge is 2.42. The van der Waals surface area contributed by atoms with E-state index in [1.807, 2.05) is 24.8 Å². The second kappa shape index (κ2) is 13.6. The molecule has 4 heterocycles. The highest BCUT2D eigenvalue weighted by atomic mass is 19.4. The quantitative estimate of drug-likeness (QED) is 0.211. The number of rotatable bonds is 8. The van der Waals surface area contributed by atoms with Crippen LogP contribution in [-0.4, -0.2) is 76.5 Å². The lowest BCUT2D eigenvalue weighted by Gasteiger charge is -2.28. The minimum atomic E-state index is -4.56. The molecule has 0 saturated carbocycles. The summed E-state index contributed by atoms with van der Waals surface area (Å²) in [5, 5.41) is 9.56. The van der Waals surface area contributed by atoms with Crippen molar-refractivity contribution in [2.45, 2.75) is 52.6 Å². The van der Waals surface area contributed by atoms with Gasteiger partial charge in [0, 0.05) is 42.2 Å². The van der Waals surface area contributed by atoms with Crippen LogP contribution in [0, 0.1) is 20.8 Å². The van der Waals surface area contributed by atoms with Crippen LogP contribution >= 0.6 is 0 Å². The van der Waals surface area contributed by atoms with Crippen LogP contribution < -0.4 is 9.64 Å². The Bertz CT molecular complexity index is 1940. The van der Waals surface area contributed by atoms with Crippen molar-refractivity contribution in [1.29, 1.82) is 0 Å². The smallest absolute Gasteiger partial charge is 0.416 e. The van der Waals surface area contributed by atoms with Gasteiger partial charge < -0.3 is 24.2 Å². The third-order valence-corrected chi connectivity index (χ3v) is 9.02. The number of aromatic carboxylic acids is 1. The predicted octanol–water partition coefficient (Wildman–Crippen LogP) is 6.78. The first-order chi connectivity index (χ1) is 23.7. The van der Waals surface area contributed by atoms with Gasteiger partial charge in [0.25, 0.3) is 0 Å². The fourth-order valence-electron chi connectivity index (χ4n) is 6.62. The number of aryl methyl sites for hydroxylation is 3. The Hall–Kier alpha value is -5.24. The molecule has 6 rings (SSSR count). The fourth-order valence-corrected chi connectivity index (χ4v) is 6.62. The van der Waals surface area contributed by atoms with Gasteiger partial charge in [0.1, 0.15) is 6.10 Å². The molecular weight excluding hydrogens is 655 g/mol. The molecular formula is C36H36F3N5O6. The number of carbonyl (C=O) groups excluding carboxylic acids is 1. The molecule has 2 atom stereocenters. The molecule has 2 fully saturated rings. The van der Waals surface area contributed by atoms with E-state index in [2.05, 4.69) is 9.97 Å². The van der Waals surface area contributed by atoms with E-state index in [1.165, 1.54) is 12.0 Å². The van der Waals surface area contributed by atoms with Crippen LogP contribution in [0.4, 0.5) is 23.9 Å². The molecule has 0 radical (unpaired) electrons. The lowest BCUT2D eigenvalue weighted by atomic mass is 9.92. The SMILES string of the molecule is COc1ncc(-c2c(C)cc(C(=O)O)cc2C)cc1-c1cnc(N2CCOCC2)nc1CN1C(=O)O[C@H](c2cc(C)cc(C(F)(F)F)c2)[C@@H]1C. The number of carboxylic acid groups (broad SMARTS) is 1.